The van der Waals surface area contributed by atoms with Crippen LogP contribution < -0.4 is 19.8 Å². The highest BCUT2D eigenvalue weighted by Crippen LogP contribution is 2.47. The number of fused-ring (bicyclic) bond motifs is 3. The van der Waals surface area contributed by atoms with E-state index in [-0.39, 0.29) is 28.6 Å². The van der Waals surface area contributed by atoms with Gasteiger partial charge in [-0.3, -0.25) is 0 Å². The number of esters is 1. The van der Waals surface area contributed by atoms with Crippen LogP contribution in [0, 0.1) is 0 Å². The lowest BCUT2D eigenvalue weighted by molar-refractivity contribution is -0.148. The summed E-state index contributed by atoms with van der Waals surface area (Å²) >= 11 is 0. The Labute approximate surface area is 165 Å². The zero-order valence-electron chi connectivity index (χ0n) is 15.9. The lowest BCUT2D eigenvalue weighted by atomic mass is 9.88. The summed E-state index contributed by atoms with van der Waals surface area (Å²) in [7, 11) is 4.01. The van der Waals surface area contributed by atoms with E-state index in [0.29, 0.717) is 16.5 Å². The van der Waals surface area contributed by atoms with Gasteiger partial charge in [-0.05, 0) is 29.8 Å². The topological polar surface area (TPSA) is 104 Å². The summed E-state index contributed by atoms with van der Waals surface area (Å²) in [5.74, 6) is -1.17. The number of ether oxygens (including phenoxy) is 4. The maximum atomic E-state index is 12.8. The van der Waals surface area contributed by atoms with Crippen molar-refractivity contribution in [1.82, 2.24) is 0 Å². The smallest absolute Gasteiger partial charge is 0.348 e. The number of hydrogen-bond acceptors (Lipinski definition) is 8. The van der Waals surface area contributed by atoms with Gasteiger partial charge in [0.25, 0.3) is 0 Å². The van der Waals surface area contributed by atoms with Crippen LogP contribution in [0.4, 0.5) is 0 Å². The second-order valence-electron chi connectivity index (χ2n) is 6.44. The summed E-state index contributed by atoms with van der Waals surface area (Å²) in [6.07, 6.45) is -1.12. The molecule has 2 unspecified atom stereocenters. The third-order valence-electron chi connectivity index (χ3n) is 4.95. The van der Waals surface area contributed by atoms with Crippen LogP contribution in [-0.4, -0.2) is 38.5 Å². The molecule has 150 valence electrons. The van der Waals surface area contributed by atoms with Gasteiger partial charge in [-0.1, -0.05) is 12.1 Å². The van der Waals surface area contributed by atoms with Gasteiger partial charge in [0, 0.05) is 0 Å². The van der Waals surface area contributed by atoms with Crippen LogP contribution in [0.5, 0.6) is 23.0 Å². The number of methoxy groups -OCH3 is 3. The fourth-order valence-corrected chi connectivity index (χ4v) is 3.61. The van der Waals surface area contributed by atoms with Crippen LogP contribution in [0.15, 0.2) is 45.6 Å². The minimum Gasteiger partial charge on any atom is -0.502 e. The lowest BCUT2D eigenvalue weighted by Gasteiger charge is -2.19. The Hall–Kier alpha value is -3.68. The van der Waals surface area contributed by atoms with Gasteiger partial charge < -0.3 is 28.5 Å². The summed E-state index contributed by atoms with van der Waals surface area (Å²) < 4.78 is 26.7. The average Bonchev–Trinajstić information content (AvgIpc) is 3.15. The van der Waals surface area contributed by atoms with Gasteiger partial charge in [0.1, 0.15) is 11.3 Å². The molecule has 4 rings (SSSR count). The minimum atomic E-state index is -1.12. The van der Waals surface area contributed by atoms with Gasteiger partial charge in [-0.2, -0.15) is 0 Å². The van der Waals surface area contributed by atoms with E-state index in [4.69, 9.17) is 23.4 Å². The lowest BCUT2D eigenvalue weighted by Crippen LogP contribution is -2.31. The maximum Gasteiger partial charge on any atom is 0.348 e. The van der Waals surface area contributed by atoms with E-state index in [2.05, 4.69) is 0 Å². The molecule has 8 nitrogen and oxygen atoms in total. The molecule has 2 aromatic carbocycles. The first-order valence-corrected chi connectivity index (χ1v) is 8.75. The van der Waals surface area contributed by atoms with Crippen molar-refractivity contribution in [3.05, 3.63) is 57.9 Å². The quantitative estimate of drug-likeness (QED) is 0.528. The molecule has 1 aliphatic rings. The van der Waals surface area contributed by atoms with Crippen LogP contribution in [-0.2, 0) is 9.53 Å². The molecule has 1 aliphatic heterocycles. The molecule has 0 spiro atoms. The number of aromatic hydroxyl groups is 1. The van der Waals surface area contributed by atoms with E-state index in [1.807, 2.05) is 0 Å². The summed E-state index contributed by atoms with van der Waals surface area (Å²) in [6.45, 7) is 0. The first kappa shape index (κ1) is 18.7. The number of para-hydroxylation sites is 1. The molecular formula is C21H18O8. The van der Waals surface area contributed by atoms with Crippen molar-refractivity contribution >= 4 is 16.9 Å². The van der Waals surface area contributed by atoms with E-state index < -0.39 is 23.6 Å². The van der Waals surface area contributed by atoms with E-state index in [0.717, 1.165) is 0 Å². The van der Waals surface area contributed by atoms with Crippen LogP contribution in [0.2, 0.25) is 0 Å². The Bertz CT molecular complexity index is 1140. The minimum absolute atomic E-state index is 0.126. The number of carbonyl (C=O) groups excluding carboxylic acids is 1. The molecule has 2 heterocycles. The first-order chi connectivity index (χ1) is 14.0. The van der Waals surface area contributed by atoms with Crippen molar-refractivity contribution in [3.63, 3.8) is 0 Å². The van der Waals surface area contributed by atoms with Gasteiger partial charge in [0.2, 0.25) is 11.9 Å². The zero-order valence-corrected chi connectivity index (χ0v) is 15.9. The van der Waals surface area contributed by atoms with E-state index >= 15 is 0 Å². The molecule has 0 bridgehead atoms. The van der Waals surface area contributed by atoms with Gasteiger partial charge in [0.15, 0.2) is 11.5 Å². The molecule has 1 aromatic heterocycles. The van der Waals surface area contributed by atoms with Crippen LogP contribution in [0.25, 0.3) is 11.0 Å². The molecule has 0 fully saturated rings. The third-order valence-corrected chi connectivity index (χ3v) is 4.95. The average molecular weight is 398 g/mol. The predicted octanol–water partition coefficient (Wildman–Crippen LogP) is 2.58. The number of phenolic OH excluding ortho intramolecular Hbond substituents is 1. The van der Waals surface area contributed by atoms with E-state index in [1.165, 1.54) is 33.5 Å². The van der Waals surface area contributed by atoms with Gasteiger partial charge in [-0.25, -0.2) is 9.59 Å². The number of rotatable bonds is 4. The summed E-state index contributed by atoms with van der Waals surface area (Å²) in [4.78, 5) is 25.3. The molecule has 0 radical (unpaired) electrons. The summed E-state index contributed by atoms with van der Waals surface area (Å²) in [5.41, 5.74) is 0.379. The first-order valence-electron chi connectivity index (χ1n) is 8.75. The van der Waals surface area contributed by atoms with Crippen LogP contribution in [0.3, 0.4) is 0 Å². The maximum absolute atomic E-state index is 12.8. The van der Waals surface area contributed by atoms with Crippen LogP contribution >= 0.6 is 0 Å². The van der Waals surface area contributed by atoms with Gasteiger partial charge >= 0.3 is 11.6 Å². The summed E-state index contributed by atoms with van der Waals surface area (Å²) in [6, 6.07) is 9.94. The monoisotopic (exact) mass is 398 g/mol. The van der Waals surface area contributed by atoms with Crippen molar-refractivity contribution in [2.75, 3.05) is 21.3 Å². The van der Waals surface area contributed by atoms with Crippen molar-refractivity contribution in [2.24, 2.45) is 0 Å². The van der Waals surface area contributed by atoms with E-state index in [1.54, 1.807) is 24.3 Å². The summed E-state index contributed by atoms with van der Waals surface area (Å²) in [5, 5.41) is 10.8. The fourth-order valence-electron chi connectivity index (χ4n) is 3.61. The molecule has 1 N–H and O–H groups in total. The largest absolute Gasteiger partial charge is 0.502 e. The Morgan fingerprint density at radius 2 is 1.72 bits per heavy atom. The second kappa shape index (κ2) is 7.05. The highest BCUT2D eigenvalue weighted by Gasteiger charge is 2.45. The number of benzene rings is 2. The van der Waals surface area contributed by atoms with Gasteiger partial charge in [0.05, 0.1) is 38.2 Å². The number of phenols is 1. The Morgan fingerprint density at radius 3 is 2.34 bits per heavy atom. The molecule has 0 aliphatic carbocycles. The molecule has 29 heavy (non-hydrogen) atoms. The molecule has 0 saturated carbocycles. The van der Waals surface area contributed by atoms with Crippen molar-refractivity contribution in [2.45, 2.75) is 12.0 Å². The standard InChI is InChI=1S/C21H18O8/c1-25-13-8-10(9-14(26-2)17(13)22)15-16-18(29-19(15)21(24)27-3)11-6-4-5-7-12(11)28-20(16)23/h4-9,15,19,22H,1-3H3. The van der Waals surface area contributed by atoms with E-state index in [9.17, 15) is 14.7 Å². The normalized spacial score (nSPS) is 17.5. The highest BCUT2D eigenvalue weighted by molar-refractivity contribution is 5.88. The van der Waals surface area contributed by atoms with Crippen molar-refractivity contribution in [1.29, 1.82) is 0 Å². The molecule has 8 heteroatoms. The number of hydrogen-bond donors (Lipinski definition) is 1. The SMILES string of the molecule is COC(=O)C1Oc2c(c(=O)oc3ccccc23)C1c1cc(OC)c(O)c(OC)c1. The van der Waals surface area contributed by atoms with Crippen molar-refractivity contribution in [3.8, 4) is 23.0 Å². The Balaban J connectivity index is 2.01. The highest BCUT2D eigenvalue weighted by atomic mass is 16.6. The number of carbonyl (C=O) groups is 1. The molecular weight excluding hydrogens is 380 g/mol. The fraction of sp³-hybridized carbons (Fsp3) is 0.238. The molecule has 0 saturated heterocycles. The Morgan fingerprint density at radius 1 is 1.07 bits per heavy atom. The predicted molar refractivity (Wildman–Crippen MR) is 102 cm³/mol. The third kappa shape index (κ3) is 2.84. The molecule has 3 aromatic rings. The second-order valence-corrected chi connectivity index (χ2v) is 6.44. The molecule has 0 amide bonds. The zero-order chi connectivity index (χ0) is 20.7. The van der Waals surface area contributed by atoms with Gasteiger partial charge in [-0.15, -0.1) is 0 Å². The molecule has 2 atom stereocenters. The van der Waals surface area contributed by atoms with Crippen LogP contribution in [0.1, 0.15) is 17.0 Å². The van der Waals surface area contributed by atoms with Crippen molar-refractivity contribution < 1.29 is 33.3 Å². The Kier molecular flexibility index (Phi) is 4.54.